The van der Waals surface area contributed by atoms with Crippen molar-refractivity contribution < 1.29 is 17.9 Å². The average Bonchev–Trinajstić information content (AvgIpc) is 2.55. The van der Waals surface area contributed by atoms with Crippen molar-refractivity contribution in [3.05, 3.63) is 58.6 Å². The van der Waals surface area contributed by atoms with Gasteiger partial charge in [-0.1, -0.05) is 22.0 Å². The predicted molar refractivity (Wildman–Crippen MR) is 92.1 cm³/mol. The van der Waals surface area contributed by atoms with E-state index in [1.165, 1.54) is 29.6 Å². The summed E-state index contributed by atoms with van der Waals surface area (Å²) in [6.07, 6.45) is 0. The highest BCUT2D eigenvalue weighted by atomic mass is 79.9. The lowest BCUT2D eigenvalue weighted by atomic mass is 10.2. The van der Waals surface area contributed by atoms with Crippen LogP contribution in [0.3, 0.4) is 0 Å². The zero-order valence-corrected chi connectivity index (χ0v) is 15.1. The van der Waals surface area contributed by atoms with E-state index in [0.29, 0.717) is 11.3 Å². The first-order valence-electron chi connectivity index (χ1n) is 6.87. The number of benzene rings is 2. The van der Waals surface area contributed by atoms with Crippen molar-refractivity contribution in [2.45, 2.75) is 11.8 Å². The molecule has 0 N–H and O–H groups in total. The molecule has 0 spiro atoms. The van der Waals surface area contributed by atoms with Crippen LogP contribution in [0.4, 0.5) is 5.69 Å². The van der Waals surface area contributed by atoms with E-state index in [1.807, 2.05) is 0 Å². The zero-order valence-electron chi connectivity index (χ0n) is 12.7. The van der Waals surface area contributed by atoms with Crippen molar-refractivity contribution in [3.63, 3.8) is 0 Å². The third-order valence-electron chi connectivity index (χ3n) is 3.24. The lowest BCUT2D eigenvalue weighted by Gasteiger charge is -2.23. The fraction of sp³-hybridized carbons (Fsp3) is 0.188. The van der Waals surface area contributed by atoms with Crippen molar-refractivity contribution in [3.8, 4) is 0 Å². The molecule has 2 rings (SSSR count). The maximum Gasteiger partial charge on any atom is 0.337 e. The Morgan fingerprint density at radius 3 is 2.39 bits per heavy atom. The first-order chi connectivity index (χ1) is 10.9. The Hall–Kier alpha value is -1.86. The minimum atomic E-state index is -3.71. The number of halogens is 1. The van der Waals surface area contributed by atoms with E-state index in [2.05, 4.69) is 20.7 Å². The summed E-state index contributed by atoms with van der Waals surface area (Å²) in [4.78, 5) is 11.8. The van der Waals surface area contributed by atoms with Crippen molar-refractivity contribution in [2.75, 3.05) is 18.0 Å². The van der Waals surface area contributed by atoms with E-state index in [9.17, 15) is 13.2 Å². The normalized spacial score (nSPS) is 11.1. The van der Waals surface area contributed by atoms with Crippen LogP contribution in [0.5, 0.6) is 0 Å². The van der Waals surface area contributed by atoms with Gasteiger partial charge in [0.05, 0.1) is 23.3 Å². The van der Waals surface area contributed by atoms with E-state index in [1.54, 1.807) is 37.3 Å². The van der Waals surface area contributed by atoms with E-state index in [4.69, 9.17) is 0 Å². The summed E-state index contributed by atoms with van der Waals surface area (Å²) < 4.78 is 32.4. The summed E-state index contributed by atoms with van der Waals surface area (Å²) in [6.45, 7) is 1.98. The SMILES string of the molecule is CCN(c1cccc(C(=O)OC)c1)S(=O)(=O)c1ccc(Br)cc1. The second kappa shape index (κ2) is 7.14. The number of esters is 1. The largest absolute Gasteiger partial charge is 0.465 e. The molecule has 0 aliphatic carbocycles. The quantitative estimate of drug-likeness (QED) is 0.724. The Balaban J connectivity index is 2.46. The third-order valence-corrected chi connectivity index (χ3v) is 5.69. The fourth-order valence-electron chi connectivity index (χ4n) is 2.13. The number of carbonyl (C=O) groups is 1. The predicted octanol–water partition coefficient (Wildman–Crippen LogP) is 3.45. The lowest BCUT2D eigenvalue weighted by Crippen LogP contribution is -2.30. The second-order valence-corrected chi connectivity index (χ2v) is 7.44. The number of anilines is 1. The van der Waals surface area contributed by atoms with Crippen LogP contribution >= 0.6 is 15.9 Å². The van der Waals surface area contributed by atoms with Gasteiger partial charge in [-0.25, -0.2) is 13.2 Å². The Morgan fingerprint density at radius 2 is 1.83 bits per heavy atom. The number of nitrogens with zero attached hydrogens (tertiary/aromatic N) is 1. The first kappa shape index (κ1) is 17.5. The molecule has 0 unspecified atom stereocenters. The van der Waals surface area contributed by atoms with Gasteiger partial charge in [0.25, 0.3) is 10.0 Å². The Bertz CT molecular complexity index is 803. The van der Waals surface area contributed by atoms with Gasteiger partial charge in [-0.05, 0) is 49.4 Å². The monoisotopic (exact) mass is 397 g/mol. The summed E-state index contributed by atoms with van der Waals surface area (Å²) in [5, 5.41) is 0. The molecule has 23 heavy (non-hydrogen) atoms. The van der Waals surface area contributed by atoms with Gasteiger partial charge < -0.3 is 4.74 Å². The molecular formula is C16H16BrNO4S. The molecule has 122 valence electrons. The van der Waals surface area contributed by atoms with E-state index < -0.39 is 16.0 Å². The number of sulfonamides is 1. The van der Waals surface area contributed by atoms with Crippen LogP contribution in [0.25, 0.3) is 0 Å². The third kappa shape index (κ3) is 3.73. The summed E-state index contributed by atoms with van der Waals surface area (Å²) in [7, 11) is -2.43. The smallest absolute Gasteiger partial charge is 0.337 e. The highest BCUT2D eigenvalue weighted by Crippen LogP contribution is 2.25. The van der Waals surface area contributed by atoms with Crippen molar-refractivity contribution in [1.82, 2.24) is 0 Å². The molecule has 0 fully saturated rings. The molecule has 0 heterocycles. The molecule has 0 radical (unpaired) electrons. The Kier molecular flexibility index (Phi) is 5.43. The van der Waals surface area contributed by atoms with Gasteiger partial charge in [-0.15, -0.1) is 0 Å². The maximum atomic E-state index is 12.8. The number of carbonyl (C=O) groups excluding carboxylic acids is 1. The standard InChI is InChI=1S/C16H16BrNO4S/c1-3-18(14-6-4-5-12(11-14)16(19)22-2)23(20,21)15-9-7-13(17)8-10-15/h4-11H,3H2,1-2H3. The summed E-state index contributed by atoms with van der Waals surface area (Å²) >= 11 is 3.28. The molecule has 0 aromatic heterocycles. The number of rotatable bonds is 5. The van der Waals surface area contributed by atoms with Gasteiger partial charge in [0, 0.05) is 11.0 Å². The van der Waals surface area contributed by atoms with Gasteiger partial charge in [0.15, 0.2) is 0 Å². The van der Waals surface area contributed by atoms with Gasteiger partial charge in [-0.3, -0.25) is 4.31 Å². The van der Waals surface area contributed by atoms with E-state index in [0.717, 1.165) is 4.47 Å². The van der Waals surface area contributed by atoms with E-state index >= 15 is 0 Å². The molecule has 2 aromatic carbocycles. The van der Waals surface area contributed by atoms with Crippen LogP contribution in [0.15, 0.2) is 57.9 Å². The summed E-state index contributed by atoms with van der Waals surface area (Å²) in [5.74, 6) is -0.510. The minimum Gasteiger partial charge on any atom is -0.465 e. The lowest BCUT2D eigenvalue weighted by molar-refractivity contribution is 0.0600. The zero-order chi connectivity index (χ0) is 17.0. The van der Waals surface area contributed by atoms with Crippen LogP contribution in [-0.2, 0) is 14.8 Å². The van der Waals surface area contributed by atoms with Gasteiger partial charge >= 0.3 is 5.97 Å². The van der Waals surface area contributed by atoms with Crippen LogP contribution in [0.1, 0.15) is 17.3 Å². The molecule has 5 nitrogen and oxygen atoms in total. The van der Waals surface area contributed by atoms with Crippen LogP contribution in [-0.4, -0.2) is 28.0 Å². The van der Waals surface area contributed by atoms with Gasteiger partial charge in [0.2, 0.25) is 0 Å². The highest BCUT2D eigenvalue weighted by molar-refractivity contribution is 9.10. The van der Waals surface area contributed by atoms with Crippen molar-refractivity contribution in [1.29, 1.82) is 0 Å². The van der Waals surface area contributed by atoms with Gasteiger partial charge in [0.1, 0.15) is 0 Å². The van der Waals surface area contributed by atoms with Crippen LogP contribution in [0, 0.1) is 0 Å². The fourth-order valence-corrected chi connectivity index (χ4v) is 3.86. The molecule has 0 aliphatic heterocycles. The molecule has 2 aromatic rings. The van der Waals surface area contributed by atoms with E-state index in [-0.39, 0.29) is 11.4 Å². The molecular weight excluding hydrogens is 382 g/mol. The topological polar surface area (TPSA) is 63.7 Å². The summed E-state index contributed by atoms with van der Waals surface area (Å²) in [6, 6.07) is 12.8. The Morgan fingerprint density at radius 1 is 1.17 bits per heavy atom. The average molecular weight is 398 g/mol. The maximum absolute atomic E-state index is 12.8. The molecule has 0 bridgehead atoms. The number of ether oxygens (including phenoxy) is 1. The minimum absolute atomic E-state index is 0.186. The number of hydrogen-bond donors (Lipinski definition) is 0. The molecule has 0 atom stereocenters. The Labute approximate surface area is 144 Å². The van der Waals surface area contributed by atoms with Crippen molar-refractivity contribution >= 4 is 37.6 Å². The first-order valence-corrected chi connectivity index (χ1v) is 9.10. The van der Waals surface area contributed by atoms with Crippen molar-refractivity contribution in [2.24, 2.45) is 0 Å². The highest BCUT2D eigenvalue weighted by Gasteiger charge is 2.24. The molecule has 0 amide bonds. The molecule has 0 saturated heterocycles. The second-order valence-electron chi connectivity index (χ2n) is 4.67. The molecule has 0 aliphatic rings. The number of methoxy groups -OCH3 is 1. The summed E-state index contributed by atoms with van der Waals surface area (Å²) in [5.41, 5.74) is 0.716. The molecule has 0 saturated carbocycles. The molecule has 7 heteroatoms. The number of hydrogen-bond acceptors (Lipinski definition) is 4. The van der Waals surface area contributed by atoms with Gasteiger partial charge in [-0.2, -0.15) is 0 Å². The van der Waals surface area contributed by atoms with Crippen LogP contribution in [0.2, 0.25) is 0 Å². The van der Waals surface area contributed by atoms with Crippen LogP contribution < -0.4 is 4.31 Å².